The molecule has 53 valence electrons. The van der Waals surface area contributed by atoms with E-state index in [9.17, 15) is 0 Å². The van der Waals surface area contributed by atoms with Crippen LogP contribution in [0.1, 0.15) is 27.7 Å². The van der Waals surface area contributed by atoms with Gasteiger partial charge in [-0.3, -0.25) is 0 Å². The van der Waals surface area contributed by atoms with E-state index in [1.54, 1.807) is 0 Å². The molecule has 0 heterocycles. The van der Waals surface area contributed by atoms with Crippen LogP contribution in [0.3, 0.4) is 0 Å². The van der Waals surface area contributed by atoms with Crippen molar-refractivity contribution >= 4 is 0 Å². The molecule has 9 heavy (non-hydrogen) atoms. The Kier molecular flexibility index (Phi) is 3.60. The molecule has 0 aliphatic heterocycles. The molecule has 0 nitrogen and oxygen atoms in total. The number of rotatable bonds is 2. The number of hydrogen-bond donors (Lipinski definition) is 0. The van der Waals surface area contributed by atoms with Gasteiger partial charge in [0.05, 0.1) is 0 Å². The van der Waals surface area contributed by atoms with Crippen molar-refractivity contribution in [3.05, 3.63) is 18.6 Å². The molecule has 0 N–H and O–H groups in total. The largest absolute Gasteiger partial charge is 0.0825 e. The topological polar surface area (TPSA) is 0 Å². The summed E-state index contributed by atoms with van der Waals surface area (Å²) < 4.78 is 0. The van der Waals surface area contributed by atoms with Crippen LogP contribution >= 0.6 is 0 Å². The Bertz CT molecular complexity index is 94.6. The zero-order valence-corrected chi connectivity index (χ0v) is 6.94. The summed E-state index contributed by atoms with van der Waals surface area (Å²) >= 11 is 0. The maximum atomic E-state index is 3.82. The van der Waals surface area contributed by atoms with Crippen LogP contribution in [0.25, 0.3) is 0 Å². The van der Waals surface area contributed by atoms with Gasteiger partial charge in [-0.05, 0) is 25.7 Å². The highest BCUT2D eigenvalue weighted by Gasteiger charge is 2.01. The first-order valence-electron chi connectivity index (χ1n) is 3.54. The van der Waals surface area contributed by atoms with Gasteiger partial charge in [0.2, 0.25) is 0 Å². The summed E-state index contributed by atoms with van der Waals surface area (Å²) in [5.74, 6) is 1.41. The molecule has 1 unspecified atom stereocenters. The predicted molar refractivity (Wildman–Crippen MR) is 43.1 cm³/mol. The molecule has 0 saturated heterocycles. The third-order valence-electron chi connectivity index (χ3n) is 1.60. The fourth-order valence-corrected chi connectivity index (χ4v) is 0.641. The van der Waals surface area contributed by atoms with Gasteiger partial charge in [-0.15, -0.1) is 0 Å². The molecule has 0 spiro atoms. The lowest BCUT2D eigenvalue weighted by molar-refractivity contribution is 0.502. The highest BCUT2D eigenvalue weighted by molar-refractivity contribution is 5.03. The second kappa shape index (κ2) is 3.71. The van der Waals surface area contributed by atoms with E-state index in [4.69, 9.17) is 0 Å². The summed E-state index contributed by atoms with van der Waals surface area (Å²) in [6, 6.07) is 0. The fourth-order valence-electron chi connectivity index (χ4n) is 0.641. The van der Waals surface area contributed by atoms with Crippen molar-refractivity contribution in [3.8, 4) is 0 Å². The Morgan fingerprint density at radius 3 is 1.89 bits per heavy atom. The molecule has 0 heteroatoms. The van der Waals surface area contributed by atoms with Crippen LogP contribution in [0.15, 0.2) is 11.6 Å². The van der Waals surface area contributed by atoms with E-state index in [0.29, 0.717) is 5.92 Å². The van der Waals surface area contributed by atoms with Crippen molar-refractivity contribution in [1.82, 2.24) is 0 Å². The van der Waals surface area contributed by atoms with Crippen LogP contribution in [0.4, 0.5) is 0 Å². The molecule has 0 aromatic carbocycles. The third-order valence-corrected chi connectivity index (χ3v) is 1.60. The standard InChI is InChI=1S/C9H17/c1-7(2)6-9(5)8(3)4/h6,8-9H,1H2,2-5H3. The predicted octanol–water partition coefficient (Wildman–Crippen LogP) is 3.06. The van der Waals surface area contributed by atoms with Crippen molar-refractivity contribution < 1.29 is 0 Å². The van der Waals surface area contributed by atoms with Crippen LogP contribution in [-0.2, 0) is 0 Å². The quantitative estimate of drug-likeness (QED) is 0.532. The van der Waals surface area contributed by atoms with E-state index in [2.05, 4.69) is 33.8 Å². The van der Waals surface area contributed by atoms with Crippen molar-refractivity contribution in [2.24, 2.45) is 11.8 Å². The van der Waals surface area contributed by atoms with Crippen molar-refractivity contribution in [2.45, 2.75) is 27.7 Å². The molecule has 0 fully saturated rings. The Balaban J connectivity index is 3.76. The zero-order chi connectivity index (χ0) is 7.44. The van der Waals surface area contributed by atoms with Gasteiger partial charge in [-0.1, -0.05) is 32.4 Å². The lowest BCUT2D eigenvalue weighted by atomic mass is 9.96. The summed E-state index contributed by atoms with van der Waals surface area (Å²) in [7, 11) is 0. The third kappa shape index (κ3) is 4.26. The van der Waals surface area contributed by atoms with Gasteiger partial charge in [0, 0.05) is 0 Å². The summed E-state index contributed by atoms with van der Waals surface area (Å²) in [5.41, 5.74) is 1.18. The first kappa shape index (κ1) is 8.74. The van der Waals surface area contributed by atoms with Crippen molar-refractivity contribution in [3.63, 3.8) is 0 Å². The molecule has 1 radical (unpaired) electrons. The lowest BCUT2D eigenvalue weighted by Gasteiger charge is -2.10. The van der Waals surface area contributed by atoms with Crippen LogP contribution in [0.5, 0.6) is 0 Å². The molecule has 0 rings (SSSR count). The van der Waals surface area contributed by atoms with E-state index in [1.807, 2.05) is 6.92 Å². The highest BCUT2D eigenvalue weighted by atomic mass is 14.1. The average Bonchev–Trinajstić information content (AvgIpc) is 1.63. The first-order chi connectivity index (χ1) is 4.04. The van der Waals surface area contributed by atoms with E-state index in [-0.39, 0.29) is 0 Å². The monoisotopic (exact) mass is 125 g/mol. The lowest BCUT2D eigenvalue weighted by Crippen LogP contribution is -1.99. The minimum atomic E-state index is 0.669. The second-order valence-corrected chi connectivity index (χ2v) is 3.12. The van der Waals surface area contributed by atoms with Crippen molar-refractivity contribution in [2.75, 3.05) is 0 Å². The van der Waals surface area contributed by atoms with Gasteiger partial charge in [-0.25, -0.2) is 0 Å². The highest BCUT2D eigenvalue weighted by Crippen LogP contribution is 2.12. The van der Waals surface area contributed by atoms with E-state index in [0.717, 1.165) is 5.92 Å². The molecule has 0 aliphatic carbocycles. The molecular weight excluding hydrogens is 108 g/mol. The van der Waals surface area contributed by atoms with Crippen molar-refractivity contribution in [1.29, 1.82) is 0 Å². The molecule has 0 aromatic heterocycles. The van der Waals surface area contributed by atoms with Gasteiger partial charge in [0.25, 0.3) is 0 Å². The van der Waals surface area contributed by atoms with Gasteiger partial charge in [0.15, 0.2) is 0 Å². The SMILES string of the molecule is [CH2]C(C)=CC(C)C(C)C. The van der Waals surface area contributed by atoms with Crippen LogP contribution in [0, 0.1) is 18.8 Å². The summed E-state index contributed by atoms with van der Waals surface area (Å²) in [5, 5.41) is 0. The first-order valence-corrected chi connectivity index (χ1v) is 3.54. The molecule has 0 saturated carbocycles. The smallest absolute Gasteiger partial charge is 0.0236 e. The minimum Gasteiger partial charge on any atom is -0.0825 e. The van der Waals surface area contributed by atoms with Gasteiger partial charge < -0.3 is 0 Å². The molecule has 0 bridgehead atoms. The maximum absolute atomic E-state index is 3.82. The summed E-state index contributed by atoms with van der Waals surface area (Å²) in [6.45, 7) is 12.5. The normalized spacial score (nSPS) is 16.4. The van der Waals surface area contributed by atoms with Gasteiger partial charge in [0.1, 0.15) is 0 Å². The number of hydrogen-bond acceptors (Lipinski definition) is 0. The zero-order valence-electron chi connectivity index (χ0n) is 6.94. The second-order valence-electron chi connectivity index (χ2n) is 3.12. The summed E-state index contributed by atoms with van der Waals surface area (Å²) in [6.07, 6.45) is 2.21. The minimum absolute atomic E-state index is 0.669. The number of allylic oxidation sites excluding steroid dienone is 2. The molecule has 1 atom stereocenters. The molecule has 0 aromatic rings. The summed E-state index contributed by atoms with van der Waals surface area (Å²) in [4.78, 5) is 0. The van der Waals surface area contributed by atoms with Gasteiger partial charge in [-0.2, -0.15) is 0 Å². The van der Waals surface area contributed by atoms with Crippen LogP contribution in [0.2, 0.25) is 0 Å². The molecular formula is C9H17. The van der Waals surface area contributed by atoms with E-state index < -0.39 is 0 Å². The maximum Gasteiger partial charge on any atom is -0.0236 e. The Morgan fingerprint density at radius 1 is 1.33 bits per heavy atom. The Morgan fingerprint density at radius 2 is 1.78 bits per heavy atom. The van der Waals surface area contributed by atoms with E-state index >= 15 is 0 Å². The Labute approximate surface area is 59.0 Å². The fraction of sp³-hybridized carbons (Fsp3) is 0.667. The van der Waals surface area contributed by atoms with E-state index in [1.165, 1.54) is 5.57 Å². The molecule has 0 amide bonds. The average molecular weight is 125 g/mol. The molecule has 0 aliphatic rings. The Hall–Kier alpha value is -0.260. The van der Waals surface area contributed by atoms with Crippen LogP contribution in [-0.4, -0.2) is 0 Å². The van der Waals surface area contributed by atoms with Gasteiger partial charge >= 0.3 is 0 Å². The van der Waals surface area contributed by atoms with Crippen LogP contribution < -0.4 is 0 Å².